The molecule has 0 spiro atoms. The number of hydrogen-bond acceptors (Lipinski definition) is 3. The van der Waals surface area contributed by atoms with Gasteiger partial charge in [0.15, 0.2) is 8.32 Å². The zero-order valence-electron chi connectivity index (χ0n) is 9.22. The first kappa shape index (κ1) is 18.0. The molecule has 2 N–H and O–H groups in total. The molecule has 0 unspecified atom stereocenters. The lowest BCUT2D eigenvalue weighted by Gasteiger charge is -2.20. The maximum atomic E-state index is 7.00. The second-order valence-electron chi connectivity index (χ2n) is 2.36. The summed E-state index contributed by atoms with van der Waals surface area (Å²) in [5.74, 6) is 0. The van der Waals surface area contributed by atoms with Crippen molar-refractivity contribution in [3.63, 3.8) is 0 Å². The lowest BCUT2D eigenvalue weighted by molar-refractivity contribution is 0.399. The zero-order chi connectivity index (χ0) is 10.6. The molecule has 12 heavy (non-hydrogen) atoms. The van der Waals surface area contributed by atoms with Gasteiger partial charge in [-0.1, -0.05) is 13.8 Å². The quantitative estimate of drug-likeness (QED) is 0.672. The van der Waals surface area contributed by atoms with Gasteiger partial charge in [0.05, 0.1) is 0 Å². The predicted molar refractivity (Wildman–Crippen MR) is 55.9 cm³/mol. The van der Waals surface area contributed by atoms with Crippen molar-refractivity contribution in [3.8, 4) is 0 Å². The van der Waals surface area contributed by atoms with Crippen LogP contribution in [0.4, 0.5) is 0 Å². The molecule has 0 aromatic carbocycles. The molecule has 0 aliphatic rings. The van der Waals surface area contributed by atoms with E-state index in [2.05, 4.69) is 20.4 Å². The van der Waals surface area contributed by atoms with Crippen LogP contribution in [0, 0.1) is 0 Å². The lowest BCUT2D eigenvalue weighted by Crippen LogP contribution is -2.30. The first-order valence-corrected chi connectivity index (χ1v) is 6.95. The molecular weight excluding hydrogens is 172 g/mol. The monoisotopic (exact) mass is 196 g/mol. The highest BCUT2D eigenvalue weighted by Crippen LogP contribution is 2.13. The minimum absolute atomic E-state index is 1.00. The van der Waals surface area contributed by atoms with Gasteiger partial charge in [0.25, 0.3) is 0 Å². The average Bonchev–Trinajstić information content (AvgIpc) is 2.22. The summed E-state index contributed by atoms with van der Waals surface area (Å²) in [6.07, 6.45) is 0. The predicted octanol–water partition coefficient (Wildman–Crippen LogP) is 1.46. The third kappa shape index (κ3) is 10.1. The molecule has 0 aliphatic heterocycles. The SMILES string of the molecule is CC[Si](C)(CC)OC.CO.CO. The maximum absolute atomic E-state index is 7.00. The van der Waals surface area contributed by atoms with E-state index in [0.29, 0.717) is 0 Å². The van der Waals surface area contributed by atoms with Crippen LogP contribution < -0.4 is 0 Å². The van der Waals surface area contributed by atoms with Crippen molar-refractivity contribution in [1.29, 1.82) is 0 Å². The highest BCUT2D eigenvalue weighted by molar-refractivity contribution is 6.72. The van der Waals surface area contributed by atoms with Gasteiger partial charge in [-0.05, 0) is 18.6 Å². The number of aliphatic hydroxyl groups excluding tert-OH is 2. The molecule has 78 valence electrons. The normalized spacial score (nSPS) is 9.00. The molecule has 4 heteroatoms. The topological polar surface area (TPSA) is 49.7 Å². The maximum Gasteiger partial charge on any atom is 0.188 e. The fourth-order valence-corrected chi connectivity index (χ4v) is 1.62. The van der Waals surface area contributed by atoms with Crippen molar-refractivity contribution in [2.75, 3.05) is 21.3 Å². The second-order valence-corrected chi connectivity index (χ2v) is 7.08. The van der Waals surface area contributed by atoms with E-state index in [1.54, 1.807) is 0 Å². The fraction of sp³-hybridized carbons (Fsp3) is 1.00. The second kappa shape index (κ2) is 13.7. The number of hydrogen-bond donors (Lipinski definition) is 2. The van der Waals surface area contributed by atoms with Gasteiger partial charge in [0.2, 0.25) is 0 Å². The fourth-order valence-electron chi connectivity index (χ4n) is 0.539. The summed E-state index contributed by atoms with van der Waals surface area (Å²) < 4.78 is 5.38. The van der Waals surface area contributed by atoms with Crippen LogP contribution >= 0.6 is 0 Å². The van der Waals surface area contributed by atoms with Crippen molar-refractivity contribution in [2.45, 2.75) is 32.5 Å². The molecule has 3 nitrogen and oxygen atoms in total. The Morgan fingerprint density at radius 1 is 1.00 bits per heavy atom. The van der Waals surface area contributed by atoms with E-state index in [9.17, 15) is 0 Å². The Balaban J connectivity index is -0.000000175. The van der Waals surface area contributed by atoms with E-state index in [4.69, 9.17) is 14.6 Å². The summed E-state index contributed by atoms with van der Waals surface area (Å²) in [4.78, 5) is 0. The average molecular weight is 196 g/mol. The van der Waals surface area contributed by atoms with Gasteiger partial charge < -0.3 is 14.6 Å². The molecular formula is C8H24O3Si. The largest absolute Gasteiger partial charge is 0.420 e. The third-order valence-electron chi connectivity index (χ3n) is 1.99. The van der Waals surface area contributed by atoms with Crippen molar-refractivity contribution < 1.29 is 14.6 Å². The summed E-state index contributed by atoms with van der Waals surface area (Å²) in [5.41, 5.74) is 0. The summed E-state index contributed by atoms with van der Waals surface area (Å²) >= 11 is 0. The number of aliphatic hydroxyl groups is 2. The molecule has 0 bridgehead atoms. The molecule has 0 aromatic heterocycles. The molecule has 0 aromatic rings. The molecule has 0 radical (unpaired) electrons. The van der Waals surface area contributed by atoms with E-state index in [1.807, 2.05) is 7.11 Å². The summed E-state index contributed by atoms with van der Waals surface area (Å²) in [6, 6.07) is 2.47. The van der Waals surface area contributed by atoms with Gasteiger partial charge >= 0.3 is 0 Å². The van der Waals surface area contributed by atoms with Crippen molar-refractivity contribution >= 4 is 8.32 Å². The Kier molecular flexibility index (Phi) is 20.5. The minimum Gasteiger partial charge on any atom is -0.420 e. The molecule has 0 amide bonds. The van der Waals surface area contributed by atoms with Crippen LogP contribution in [0.3, 0.4) is 0 Å². The third-order valence-corrected chi connectivity index (χ3v) is 5.97. The Morgan fingerprint density at radius 2 is 1.25 bits per heavy atom. The van der Waals surface area contributed by atoms with Gasteiger partial charge in [-0.15, -0.1) is 0 Å². The Labute approximate surface area is 77.5 Å². The Hall–Kier alpha value is 0.0969. The van der Waals surface area contributed by atoms with Crippen LogP contribution in [0.15, 0.2) is 0 Å². The van der Waals surface area contributed by atoms with Crippen molar-refractivity contribution in [1.82, 2.24) is 0 Å². The highest BCUT2D eigenvalue weighted by atomic mass is 28.4. The smallest absolute Gasteiger partial charge is 0.188 e. The van der Waals surface area contributed by atoms with Crippen LogP contribution in [0.5, 0.6) is 0 Å². The van der Waals surface area contributed by atoms with Crippen LogP contribution in [-0.2, 0) is 4.43 Å². The van der Waals surface area contributed by atoms with Crippen molar-refractivity contribution in [2.24, 2.45) is 0 Å². The van der Waals surface area contributed by atoms with E-state index in [-0.39, 0.29) is 0 Å². The van der Waals surface area contributed by atoms with E-state index >= 15 is 0 Å². The Bertz CT molecular complexity index is 57.1. The zero-order valence-corrected chi connectivity index (χ0v) is 10.2. The molecule has 0 saturated carbocycles. The molecule has 0 saturated heterocycles. The van der Waals surface area contributed by atoms with E-state index in [1.165, 1.54) is 12.1 Å². The van der Waals surface area contributed by atoms with Crippen LogP contribution in [0.25, 0.3) is 0 Å². The molecule has 0 atom stereocenters. The van der Waals surface area contributed by atoms with Gasteiger partial charge in [0, 0.05) is 21.3 Å². The standard InChI is InChI=1S/C6H16OSi.2CH4O/c1-5-8(4,6-2)7-3;2*1-2/h5-6H2,1-4H3;2*2H,1H3. The molecule has 0 fully saturated rings. The lowest BCUT2D eigenvalue weighted by atomic mass is 10.9. The van der Waals surface area contributed by atoms with E-state index in [0.717, 1.165) is 14.2 Å². The minimum atomic E-state index is -1.17. The molecule has 0 aliphatic carbocycles. The number of rotatable bonds is 3. The van der Waals surface area contributed by atoms with Gasteiger partial charge in [-0.25, -0.2) is 0 Å². The van der Waals surface area contributed by atoms with Crippen LogP contribution in [0.2, 0.25) is 18.6 Å². The summed E-state index contributed by atoms with van der Waals surface area (Å²) in [6.45, 7) is 6.69. The van der Waals surface area contributed by atoms with Crippen molar-refractivity contribution in [3.05, 3.63) is 0 Å². The highest BCUT2D eigenvalue weighted by Gasteiger charge is 2.21. The van der Waals surface area contributed by atoms with Gasteiger partial charge in [0.1, 0.15) is 0 Å². The van der Waals surface area contributed by atoms with Crippen LogP contribution in [-0.4, -0.2) is 39.9 Å². The summed E-state index contributed by atoms with van der Waals surface area (Å²) in [7, 11) is 2.66. The summed E-state index contributed by atoms with van der Waals surface area (Å²) in [5, 5.41) is 14.0. The van der Waals surface area contributed by atoms with Gasteiger partial charge in [-0.3, -0.25) is 0 Å². The molecule has 0 rings (SSSR count). The van der Waals surface area contributed by atoms with Gasteiger partial charge in [-0.2, -0.15) is 0 Å². The first-order valence-electron chi connectivity index (χ1n) is 4.13. The van der Waals surface area contributed by atoms with Crippen LogP contribution in [0.1, 0.15) is 13.8 Å². The first-order chi connectivity index (χ1) is 5.68. The van der Waals surface area contributed by atoms with E-state index < -0.39 is 8.32 Å². The molecule has 0 heterocycles. The Morgan fingerprint density at radius 3 is 1.25 bits per heavy atom.